The van der Waals surface area contributed by atoms with Gasteiger partial charge in [-0.3, -0.25) is 24.0 Å². The zero-order valence-corrected chi connectivity index (χ0v) is 27.8. The molecule has 3 aliphatic heterocycles. The highest BCUT2D eigenvalue weighted by Gasteiger charge is 2.62. The van der Waals surface area contributed by atoms with Gasteiger partial charge >= 0.3 is 6.09 Å². The van der Waals surface area contributed by atoms with E-state index in [1.807, 2.05) is 12.2 Å². The zero-order valence-electron chi connectivity index (χ0n) is 27.0. The Bertz CT molecular complexity index is 1610. The standard InChI is InChI=1S/C34H44FN5O7S/c35-27-12-6-8-21-18-39(20-26(21)27)33(44)47-24-16-29-30(41)37-34(32(43)38-48(45,46)25-14-15-25)17-22(34)9-4-2-1-3-5-13-28(31(42)40(29)19-24)36-23-10-7-11-23/h4,6,8-9,12,22-25,28-29,36H,1-3,5,7,10-11,13-20H2,(H,37,41)(H,38,43)/t22-,24-,28+,29+,34-/m1/s1. The van der Waals surface area contributed by atoms with Gasteiger partial charge in [-0.25, -0.2) is 17.6 Å². The Hall–Kier alpha value is -3.52. The minimum Gasteiger partial charge on any atom is -0.444 e. The summed E-state index contributed by atoms with van der Waals surface area (Å²) in [6.07, 6.45) is 10.6. The molecule has 48 heavy (non-hydrogen) atoms. The lowest BCUT2D eigenvalue weighted by Gasteiger charge is -2.34. The number of amides is 4. The van der Waals surface area contributed by atoms with E-state index in [1.165, 1.54) is 15.9 Å². The van der Waals surface area contributed by atoms with Crippen LogP contribution in [-0.4, -0.2) is 83.6 Å². The number of benzene rings is 1. The van der Waals surface area contributed by atoms with Crippen LogP contribution in [0, 0.1) is 11.7 Å². The van der Waals surface area contributed by atoms with Gasteiger partial charge in [0.25, 0.3) is 5.91 Å². The molecular weight excluding hydrogens is 641 g/mol. The smallest absolute Gasteiger partial charge is 0.410 e. The molecule has 1 aromatic rings. The number of carbonyl (C=O) groups excluding carboxylic acids is 4. The minimum absolute atomic E-state index is 0.00713. The van der Waals surface area contributed by atoms with Crippen molar-refractivity contribution in [2.75, 3.05) is 6.54 Å². The van der Waals surface area contributed by atoms with E-state index in [0.29, 0.717) is 30.4 Å². The number of hydrogen-bond acceptors (Lipinski definition) is 8. The molecule has 3 aliphatic carbocycles. The predicted molar refractivity (Wildman–Crippen MR) is 172 cm³/mol. The summed E-state index contributed by atoms with van der Waals surface area (Å²) in [5.74, 6) is -2.41. The van der Waals surface area contributed by atoms with Crippen LogP contribution in [0.15, 0.2) is 30.4 Å². The third-order valence-electron chi connectivity index (χ3n) is 10.8. The molecule has 12 nitrogen and oxygen atoms in total. The maximum Gasteiger partial charge on any atom is 0.410 e. The van der Waals surface area contributed by atoms with Gasteiger partial charge in [-0.15, -0.1) is 0 Å². The summed E-state index contributed by atoms with van der Waals surface area (Å²) in [6, 6.07) is 3.36. The van der Waals surface area contributed by atoms with Gasteiger partial charge < -0.3 is 20.3 Å². The van der Waals surface area contributed by atoms with Crippen molar-refractivity contribution in [2.45, 2.75) is 125 Å². The summed E-state index contributed by atoms with van der Waals surface area (Å²) in [7, 11) is -3.86. The molecule has 0 aromatic heterocycles. The van der Waals surface area contributed by atoms with Crippen molar-refractivity contribution >= 4 is 33.8 Å². The first-order valence-corrected chi connectivity index (χ1v) is 18.9. The van der Waals surface area contributed by atoms with E-state index in [9.17, 15) is 32.0 Å². The van der Waals surface area contributed by atoms with Crippen LogP contribution in [0.4, 0.5) is 9.18 Å². The van der Waals surface area contributed by atoms with Crippen LogP contribution < -0.4 is 15.4 Å². The number of sulfonamides is 1. The van der Waals surface area contributed by atoms with Crippen LogP contribution >= 0.6 is 0 Å². The highest BCUT2D eigenvalue weighted by molar-refractivity contribution is 7.91. The molecule has 14 heteroatoms. The minimum atomic E-state index is -3.86. The van der Waals surface area contributed by atoms with Crippen LogP contribution in [0.5, 0.6) is 0 Å². The summed E-state index contributed by atoms with van der Waals surface area (Å²) in [5, 5.41) is 5.76. The monoisotopic (exact) mass is 685 g/mol. The van der Waals surface area contributed by atoms with Crippen molar-refractivity contribution in [3.05, 3.63) is 47.3 Å². The van der Waals surface area contributed by atoms with Crippen molar-refractivity contribution in [1.82, 2.24) is 25.2 Å². The van der Waals surface area contributed by atoms with Gasteiger partial charge in [-0.1, -0.05) is 43.5 Å². The van der Waals surface area contributed by atoms with E-state index < -0.39 is 68.6 Å². The van der Waals surface area contributed by atoms with Crippen molar-refractivity contribution in [2.24, 2.45) is 5.92 Å². The summed E-state index contributed by atoms with van der Waals surface area (Å²) in [4.78, 5) is 58.1. The van der Waals surface area contributed by atoms with Crippen LogP contribution in [0.1, 0.15) is 88.2 Å². The van der Waals surface area contributed by atoms with Gasteiger partial charge in [0, 0.05) is 30.5 Å². The number of allylic oxidation sites excluding steroid dienone is 1. The normalized spacial score (nSPS) is 31.0. The molecule has 5 atom stereocenters. The highest BCUT2D eigenvalue weighted by Crippen LogP contribution is 2.46. The van der Waals surface area contributed by atoms with E-state index in [2.05, 4.69) is 15.4 Å². The number of carbonyl (C=O) groups is 4. The fourth-order valence-corrected chi connectivity index (χ4v) is 8.82. The molecular formula is C34H44FN5O7S. The number of halogens is 1. The lowest BCUT2D eigenvalue weighted by atomic mass is 9.91. The Morgan fingerprint density at radius 3 is 2.56 bits per heavy atom. The average molecular weight is 686 g/mol. The zero-order chi connectivity index (χ0) is 33.6. The Kier molecular flexibility index (Phi) is 8.99. The molecule has 3 N–H and O–H groups in total. The number of nitrogens with one attached hydrogen (secondary N) is 3. The molecule has 260 valence electrons. The van der Waals surface area contributed by atoms with Crippen LogP contribution in [-0.2, 0) is 42.2 Å². The Morgan fingerprint density at radius 1 is 1.02 bits per heavy atom. The summed E-state index contributed by atoms with van der Waals surface area (Å²) >= 11 is 0. The van der Waals surface area contributed by atoms with Crippen LogP contribution in [0.3, 0.4) is 0 Å². The lowest BCUT2D eigenvalue weighted by molar-refractivity contribution is -0.141. The van der Waals surface area contributed by atoms with Gasteiger partial charge in [-0.05, 0) is 63.0 Å². The van der Waals surface area contributed by atoms with Crippen molar-refractivity contribution in [3.8, 4) is 0 Å². The Labute approximate surface area is 280 Å². The van der Waals surface area contributed by atoms with Crippen molar-refractivity contribution < 1.29 is 36.7 Å². The number of hydrogen-bond donors (Lipinski definition) is 3. The largest absolute Gasteiger partial charge is 0.444 e. The Balaban J connectivity index is 1.12. The molecule has 4 fully saturated rings. The maximum absolute atomic E-state index is 14.4. The molecule has 3 saturated carbocycles. The van der Waals surface area contributed by atoms with Crippen molar-refractivity contribution in [3.63, 3.8) is 0 Å². The molecule has 0 bridgehead atoms. The lowest BCUT2D eigenvalue weighted by Crippen LogP contribution is -2.58. The van der Waals surface area contributed by atoms with E-state index in [4.69, 9.17) is 4.74 Å². The fraction of sp³-hybridized carbons (Fsp3) is 0.647. The molecule has 7 rings (SSSR count). The number of rotatable bonds is 6. The molecule has 1 aromatic carbocycles. The summed E-state index contributed by atoms with van der Waals surface area (Å²) in [5.41, 5.74) is -0.326. The summed E-state index contributed by atoms with van der Waals surface area (Å²) in [6.45, 7) is 0.234. The third-order valence-corrected chi connectivity index (χ3v) is 12.7. The first-order valence-electron chi connectivity index (χ1n) is 17.4. The first-order chi connectivity index (χ1) is 23.0. The molecule has 1 saturated heterocycles. The molecule has 0 unspecified atom stereocenters. The fourth-order valence-electron chi connectivity index (χ4n) is 7.45. The van der Waals surface area contributed by atoms with Gasteiger partial charge in [0.1, 0.15) is 23.5 Å². The predicted octanol–water partition coefficient (Wildman–Crippen LogP) is 2.76. The number of ether oxygens (including phenoxy) is 1. The third kappa shape index (κ3) is 6.70. The van der Waals surface area contributed by atoms with Crippen LogP contribution in [0.2, 0.25) is 0 Å². The van der Waals surface area contributed by atoms with Gasteiger partial charge in [0.15, 0.2) is 0 Å². The Morgan fingerprint density at radius 2 is 1.83 bits per heavy atom. The average Bonchev–Trinajstić information content (AvgIpc) is 3.91. The number of fused-ring (bicyclic) bond motifs is 3. The second-order valence-corrected chi connectivity index (χ2v) is 16.3. The van der Waals surface area contributed by atoms with E-state index in [-0.39, 0.29) is 44.4 Å². The molecule has 6 aliphatic rings. The van der Waals surface area contributed by atoms with Gasteiger partial charge in [-0.2, -0.15) is 0 Å². The van der Waals surface area contributed by atoms with Gasteiger partial charge in [0.05, 0.1) is 24.4 Å². The second-order valence-electron chi connectivity index (χ2n) is 14.3. The quantitative estimate of drug-likeness (QED) is 0.387. The van der Waals surface area contributed by atoms with E-state index in [0.717, 1.165) is 44.9 Å². The molecule has 0 radical (unpaired) electrons. The van der Waals surface area contributed by atoms with E-state index >= 15 is 0 Å². The topological polar surface area (TPSA) is 154 Å². The molecule has 3 heterocycles. The highest BCUT2D eigenvalue weighted by atomic mass is 32.2. The maximum atomic E-state index is 14.4. The van der Waals surface area contributed by atoms with Gasteiger partial charge in [0.2, 0.25) is 21.8 Å². The number of nitrogens with zero attached hydrogens (tertiary/aromatic N) is 2. The van der Waals surface area contributed by atoms with Crippen LogP contribution in [0.25, 0.3) is 0 Å². The molecule has 0 spiro atoms. The molecule has 4 amide bonds. The SMILES string of the molecule is O=C1N[C@]2(C(=O)NS(=O)(=O)C3CC3)C[C@H]2C=CCCCCC[C@H](NC2CCC2)C(=O)N2C[C@H](OC(=O)N3Cc4cccc(F)c4C3)C[C@@H]12. The van der Waals surface area contributed by atoms with Crippen molar-refractivity contribution in [1.29, 1.82) is 0 Å². The summed E-state index contributed by atoms with van der Waals surface area (Å²) < 4.78 is 47.9. The first kappa shape index (κ1) is 33.0. The van der Waals surface area contributed by atoms with E-state index in [1.54, 1.807) is 12.1 Å². The second kappa shape index (κ2) is 13.1.